The van der Waals surface area contributed by atoms with E-state index in [4.69, 9.17) is 9.47 Å². The number of hydrogen-bond donors (Lipinski definition) is 1. The van der Waals surface area contributed by atoms with Crippen LogP contribution in [0.25, 0.3) is 21.8 Å². The molecule has 0 spiro atoms. The molecule has 1 aromatic heterocycles. The maximum Gasteiger partial charge on any atom is 0.337 e. The van der Waals surface area contributed by atoms with Gasteiger partial charge in [0.15, 0.2) is 0 Å². The van der Waals surface area contributed by atoms with E-state index in [0.29, 0.717) is 33.3 Å². The van der Waals surface area contributed by atoms with E-state index in [-0.39, 0.29) is 5.56 Å². The average molecular weight is 283 g/mol. The van der Waals surface area contributed by atoms with Crippen molar-refractivity contribution in [3.63, 3.8) is 0 Å². The summed E-state index contributed by atoms with van der Waals surface area (Å²) < 4.78 is 10.3. The molecule has 0 aliphatic carbocycles. The lowest BCUT2D eigenvalue weighted by atomic mass is 10.0. The fourth-order valence-electron chi connectivity index (χ4n) is 2.38. The van der Waals surface area contributed by atoms with Crippen molar-refractivity contribution in [2.75, 3.05) is 14.2 Å². The molecular formula is C16H13NO4. The molecule has 0 saturated heterocycles. The summed E-state index contributed by atoms with van der Waals surface area (Å²) in [7, 11) is 3.08. The minimum absolute atomic E-state index is 0.202. The van der Waals surface area contributed by atoms with Gasteiger partial charge in [-0.15, -0.1) is 0 Å². The summed E-state index contributed by atoms with van der Waals surface area (Å²) >= 11 is 0. The van der Waals surface area contributed by atoms with Gasteiger partial charge >= 0.3 is 5.97 Å². The third-order valence-electron chi connectivity index (χ3n) is 3.40. The van der Waals surface area contributed by atoms with Crippen molar-refractivity contribution in [1.29, 1.82) is 0 Å². The second kappa shape index (κ2) is 4.94. The Balaban J connectivity index is 2.48. The summed E-state index contributed by atoms with van der Waals surface area (Å²) in [5, 5.41) is 10.7. The third kappa shape index (κ3) is 2.12. The number of methoxy groups -OCH3 is 2. The van der Waals surface area contributed by atoms with E-state index >= 15 is 0 Å². The number of aromatic nitrogens is 1. The summed E-state index contributed by atoms with van der Waals surface area (Å²) in [5.74, 6) is 0.178. The fourth-order valence-corrected chi connectivity index (χ4v) is 2.38. The molecule has 21 heavy (non-hydrogen) atoms. The summed E-state index contributed by atoms with van der Waals surface area (Å²) in [4.78, 5) is 16.2. The van der Waals surface area contributed by atoms with Gasteiger partial charge in [0.25, 0.3) is 0 Å². The van der Waals surface area contributed by atoms with Crippen LogP contribution >= 0.6 is 0 Å². The molecule has 3 rings (SSSR count). The molecule has 2 aromatic carbocycles. The number of benzene rings is 2. The van der Waals surface area contributed by atoms with E-state index in [9.17, 15) is 9.90 Å². The van der Waals surface area contributed by atoms with Crippen molar-refractivity contribution >= 4 is 27.8 Å². The van der Waals surface area contributed by atoms with Gasteiger partial charge in [0.2, 0.25) is 0 Å². The molecule has 0 aliphatic heterocycles. The number of hydrogen-bond acceptors (Lipinski definition) is 4. The molecular weight excluding hydrogens is 270 g/mol. The number of carboxylic acid groups (broad SMARTS) is 1. The van der Waals surface area contributed by atoms with Crippen LogP contribution in [0.15, 0.2) is 36.4 Å². The van der Waals surface area contributed by atoms with Crippen LogP contribution in [0.3, 0.4) is 0 Å². The van der Waals surface area contributed by atoms with E-state index in [1.54, 1.807) is 50.6 Å². The molecule has 1 heterocycles. The van der Waals surface area contributed by atoms with Crippen molar-refractivity contribution in [3.05, 3.63) is 42.0 Å². The van der Waals surface area contributed by atoms with Crippen molar-refractivity contribution in [2.45, 2.75) is 0 Å². The molecule has 0 radical (unpaired) electrons. The lowest BCUT2D eigenvalue weighted by Crippen LogP contribution is -2.01. The van der Waals surface area contributed by atoms with Gasteiger partial charge in [-0.2, -0.15) is 0 Å². The molecule has 5 heteroatoms. The third-order valence-corrected chi connectivity index (χ3v) is 3.40. The molecule has 1 N–H and O–H groups in total. The van der Waals surface area contributed by atoms with E-state index < -0.39 is 5.97 Å². The van der Waals surface area contributed by atoms with E-state index in [2.05, 4.69) is 4.98 Å². The predicted octanol–water partition coefficient (Wildman–Crippen LogP) is 3.10. The maximum absolute atomic E-state index is 11.7. The van der Waals surface area contributed by atoms with Crippen LogP contribution < -0.4 is 9.47 Å². The first kappa shape index (κ1) is 13.2. The Morgan fingerprint density at radius 1 is 0.952 bits per heavy atom. The Kier molecular flexibility index (Phi) is 3.10. The highest BCUT2D eigenvalue weighted by Crippen LogP contribution is 2.30. The topological polar surface area (TPSA) is 68.7 Å². The molecule has 3 aromatic rings. The number of nitrogens with zero attached hydrogens (tertiary/aromatic N) is 1. The zero-order valence-corrected chi connectivity index (χ0v) is 11.6. The fraction of sp³-hybridized carbons (Fsp3) is 0.125. The Morgan fingerprint density at radius 3 is 1.81 bits per heavy atom. The van der Waals surface area contributed by atoms with E-state index in [1.807, 2.05) is 0 Å². The molecule has 0 atom stereocenters. The average Bonchev–Trinajstić information content (AvgIpc) is 2.51. The van der Waals surface area contributed by atoms with Crippen LogP contribution in [-0.2, 0) is 0 Å². The van der Waals surface area contributed by atoms with Crippen LogP contribution in [0.4, 0.5) is 0 Å². The first-order chi connectivity index (χ1) is 10.1. The highest BCUT2D eigenvalue weighted by atomic mass is 16.5. The molecule has 0 bridgehead atoms. The summed E-state index contributed by atoms with van der Waals surface area (Å²) in [6, 6.07) is 10.4. The number of carboxylic acids is 1. The first-order valence-corrected chi connectivity index (χ1v) is 6.33. The Labute approximate surface area is 120 Å². The standard InChI is InChI=1S/C16H13NO4/c1-20-9-3-5-13-11(7-9)15(16(18)19)12-8-10(21-2)4-6-14(12)17-13/h3-8H,1-2H3,(H,18,19). The quantitative estimate of drug-likeness (QED) is 0.748. The van der Waals surface area contributed by atoms with Crippen LogP contribution in [-0.4, -0.2) is 30.3 Å². The number of pyridine rings is 1. The Morgan fingerprint density at radius 2 is 1.43 bits per heavy atom. The number of fused-ring (bicyclic) bond motifs is 2. The monoisotopic (exact) mass is 283 g/mol. The van der Waals surface area contributed by atoms with Gasteiger partial charge in [-0.1, -0.05) is 0 Å². The highest BCUT2D eigenvalue weighted by Gasteiger charge is 2.16. The van der Waals surface area contributed by atoms with Gasteiger partial charge in [-0.25, -0.2) is 9.78 Å². The van der Waals surface area contributed by atoms with Gasteiger partial charge < -0.3 is 14.6 Å². The minimum Gasteiger partial charge on any atom is -0.497 e. The maximum atomic E-state index is 11.7. The summed E-state index contributed by atoms with van der Waals surface area (Å²) in [6.07, 6.45) is 0. The predicted molar refractivity (Wildman–Crippen MR) is 79.3 cm³/mol. The van der Waals surface area contributed by atoms with Gasteiger partial charge in [0.1, 0.15) is 11.5 Å². The number of rotatable bonds is 3. The zero-order chi connectivity index (χ0) is 15.0. The second-order valence-electron chi connectivity index (χ2n) is 4.56. The van der Waals surface area contributed by atoms with Crippen LogP contribution in [0.5, 0.6) is 11.5 Å². The molecule has 0 unspecified atom stereocenters. The van der Waals surface area contributed by atoms with Gasteiger partial charge in [0, 0.05) is 10.8 Å². The van der Waals surface area contributed by atoms with Crippen molar-refractivity contribution in [1.82, 2.24) is 4.98 Å². The van der Waals surface area contributed by atoms with Crippen LogP contribution in [0.2, 0.25) is 0 Å². The van der Waals surface area contributed by atoms with Gasteiger partial charge in [-0.3, -0.25) is 0 Å². The van der Waals surface area contributed by atoms with Crippen molar-refractivity contribution in [2.24, 2.45) is 0 Å². The lowest BCUT2D eigenvalue weighted by Gasteiger charge is -2.10. The first-order valence-electron chi connectivity index (χ1n) is 6.33. The molecule has 0 fully saturated rings. The van der Waals surface area contributed by atoms with E-state index in [0.717, 1.165) is 0 Å². The summed E-state index contributed by atoms with van der Waals surface area (Å²) in [5.41, 5.74) is 1.43. The lowest BCUT2D eigenvalue weighted by molar-refractivity contribution is 0.0701. The van der Waals surface area contributed by atoms with Gasteiger partial charge in [0.05, 0.1) is 30.8 Å². The molecule has 0 aliphatic rings. The normalized spacial score (nSPS) is 10.8. The zero-order valence-electron chi connectivity index (χ0n) is 11.6. The minimum atomic E-state index is -1.01. The number of aromatic carboxylic acids is 1. The van der Waals surface area contributed by atoms with Gasteiger partial charge in [-0.05, 0) is 36.4 Å². The van der Waals surface area contributed by atoms with E-state index in [1.165, 1.54) is 0 Å². The van der Waals surface area contributed by atoms with Crippen molar-refractivity contribution in [3.8, 4) is 11.5 Å². The number of ether oxygens (including phenoxy) is 2. The second-order valence-corrected chi connectivity index (χ2v) is 4.56. The smallest absolute Gasteiger partial charge is 0.337 e. The number of carbonyl (C=O) groups is 1. The molecule has 106 valence electrons. The highest BCUT2D eigenvalue weighted by molar-refractivity contribution is 6.14. The molecule has 5 nitrogen and oxygen atoms in total. The SMILES string of the molecule is COc1ccc2nc3ccc(OC)cc3c(C(=O)O)c2c1. The Bertz CT molecular complexity index is 796. The van der Waals surface area contributed by atoms with Crippen LogP contribution in [0.1, 0.15) is 10.4 Å². The van der Waals surface area contributed by atoms with Crippen LogP contribution in [0, 0.1) is 0 Å². The summed E-state index contributed by atoms with van der Waals surface area (Å²) in [6.45, 7) is 0. The largest absolute Gasteiger partial charge is 0.497 e. The van der Waals surface area contributed by atoms with Crippen molar-refractivity contribution < 1.29 is 19.4 Å². The molecule has 0 saturated carbocycles. The molecule has 0 amide bonds. The Hall–Kier alpha value is -2.82.